The molecule has 0 atom stereocenters. The Morgan fingerprint density at radius 1 is 1.39 bits per heavy atom. The van der Waals surface area contributed by atoms with Crippen LogP contribution in [-0.4, -0.2) is 29.9 Å². The molecule has 1 aliphatic rings. The van der Waals surface area contributed by atoms with Gasteiger partial charge in [0.15, 0.2) is 0 Å². The summed E-state index contributed by atoms with van der Waals surface area (Å²) in [5.41, 5.74) is -0.309. The van der Waals surface area contributed by atoms with E-state index in [4.69, 9.17) is 0 Å². The Hall–Kier alpha value is -1.00. The van der Waals surface area contributed by atoms with Gasteiger partial charge >= 0.3 is 0 Å². The molecule has 0 unspecified atom stereocenters. The highest BCUT2D eigenvalue weighted by Crippen LogP contribution is 2.32. The second-order valence-corrected chi connectivity index (χ2v) is 5.68. The fourth-order valence-corrected chi connectivity index (χ4v) is 2.88. The lowest BCUT2D eigenvalue weighted by Crippen LogP contribution is -2.45. The van der Waals surface area contributed by atoms with Gasteiger partial charge in [0.1, 0.15) is 5.60 Å². The Balaban J connectivity index is 2.19. The minimum atomic E-state index is -1.15. The van der Waals surface area contributed by atoms with Crippen molar-refractivity contribution in [1.29, 1.82) is 0 Å². The van der Waals surface area contributed by atoms with Crippen LogP contribution in [0.1, 0.15) is 25.7 Å². The molecule has 0 radical (unpaired) electrons. The lowest BCUT2D eigenvalue weighted by atomic mass is 10.0. The molecular weight excluding hydrogens is 246 g/mol. The molecule has 0 heterocycles. The maximum Gasteiger partial charge on any atom is 0.258 e. The minimum absolute atomic E-state index is 0.182. The van der Waals surface area contributed by atoms with Crippen LogP contribution in [0.4, 0.5) is 5.69 Å². The second-order valence-electron chi connectivity index (χ2n) is 4.80. The molecule has 4 heteroatoms. The molecule has 1 fully saturated rings. The van der Waals surface area contributed by atoms with Crippen LogP contribution in [0.3, 0.4) is 0 Å². The third kappa shape index (κ3) is 2.54. The molecule has 2 rings (SSSR count). The van der Waals surface area contributed by atoms with E-state index in [-0.39, 0.29) is 5.91 Å². The third-order valence-corrected chi connectivity index (χ3v) is 4.30. The Labute approximate surface area is 112 Å². The van der Waals surface area contributed by atoms with E-state index in [0.29, 0.717) is 12.8 Å². The van der Waals surface area contributed by atoms with Gasteiger partial charge in [-0.2, -0.15) is 0 Å². The molecule has 98 valence electrons. The Morgan fingerprint density at radius 3 is 2.67 bits per heavy atom. The highest BCUT2D eigenvalue weighted by atomic mass is 32.2. The molecule has 1 amide bonds. The summed E-state index contributed by atoms with van der Waals surface area (Å²) in [6.07, 6.45) is 5.03. The maximum atomic E-state index is 12.3. The first-order valence-electron chi connectivity index (χ1n) is 6.21. The summed E-state index contributed by atoms with van der Waals surface area (Å²) in [7, 11) is 1.73. The van der Waals surface area contributed by atoms with Gasteiger partial charge in [-0.3, -0.25) is 4.79 Å². The normalized spacial score (nSPS) is 17.7. The van der Waals surface area contributed by atoms with Crippen molar-refractivity contribution in [3.05, 3.63) is 24.3 Å². The van der Waals surface area contributed by atoms with Gasteiger partial charge in [-0.1, -0.05) is 6.07 Å². The smallest absolute Gasteiger partial charge is 0.258 e. The first-order valence-corrected chi connectivity index (χ1v) is 7.44. The standard InChI is InChI=1S/C14H19NO2S/c1-15(11-6-5-7-12(10-11)18-2)13(16)14(17)8-3-4-9-14/h5-7,10,17H,3-4,8-9H2,1-2H3. The highest BCUT2D eigenvalue weighted by molar-refractivity contribution is 7.98. The van der Waals surface area contributed by atoms with Crippen molar-refractivity contribution in [2.24, 2.45) is 0 Å². The molecule has 18 heavy (non-hydrogen) atoms. The summed E-state index contributed by atoms with van der Waals surface area (Å²) >= 11 is 1.64. The van der Waals surface area contributed by atoms with Crippen LogP contribution in [-0.2, 0) is 4.79 Å². The van der Waals surface area contributed by atoms with Gasteiger partial charge in [0, 0.05) is 17.6 Å². The number of nitrogens with zero attached hydrogens (tertiary/aromatic N) is 1. The number of anilines is 1. The molecule has 1 N–H and O–H groups in total. The van der Waals surface area contributed by atoms with E-state index in [0.717, 1.165) is 23.4 Å². The molecule has 1 saturated carbocycles. The van der Waals surface area contributed by atoms with Crippen molar-refractivity contribution in [3.8, 4) is 0 Å². The van der Waals surface area contributed by atoms with Gasteiger partial charge in [0.25, 0.3) is 5.91 Å². The number of thioether (sulfide) groups is 1. The van der Waals surface area contributed by atoms with Crippen LogP contribution in [0.2, 0.25) is 0 Å². The molecule has 1 aromatic carbocycles. The lowest BCUT2D eigenvalue weighted by molar-refractivity contribution is -0.135. The first-order chi connectivity index (χ1) is 8.57. The van der Waals surface area contributed by atoms with Crippen LogP contribution in [0.25, 0.3) is 0 Å². The van der Waals surface area contributed by atoms with Gasteiger partial charge in [0.05, 0.1) is 0 Å². The number of hydrogen-bond donors (Lipinski definition) is 1. The number of likely N-dealkylation sites (N-methyl/N-ethyl adjacent to an activating group) is 1. The lowest BCUT2D eigenvalue weighted by Gasteiger charge is -2.27. The molecule has 0 aromatic heterocycles. The Bertz CT molecular complexity index is 441. The maximum absolute atomic E-state index is 12.3. The van der Waals surface area contributed by atoms with Crippen molar-refractivity contribution < 1.29 is 9.90 Å². The van der Waals surface area contributed by atoms with E-state index in [2.05, 4.69) is 0 Å². The van der Waals surface area contributed by atoms with E-state index in [1.807, 2.05) is 30.5 Å². The number of carbonyl (C=O) groups is 1. The summed E-state index contributed by atoms with van der Waals surface area (Å²) < 4.78 is 0. The molecule has 0 aliphatic heterocycles. The average Bonchev–Trinajstić information content (AvgIpc) is 2.85. The van der Waals surface area contributed by atoms with Gasteiger partial charge in [-0.05, 0) is 50.1 Å². The number of carbonyl (C=O) groups excluding carboxylic acids is 1. The van der Waals surface area contributed by atoms with Gasteiger partial charge in [0.2, 0.25) is 0 Å². The number of aliphatic hydroxyl groups is 1. The van der Waals surface area contributed by atoms with Crippen LogP contribution in [0.5, 0.6) is 0 Å². The van der Waals surface area contributed by atoms with E-state index >= 15 is 0 Å². The zero-order valence-electron chi connectivity index (χ0n) is 10.8. The monoisotopic (exact) mass is 265 g/mol. The summed E-state index contributed by atoms with van der Waals surface area (Å²) in [6, 6.07) is 7.82. The Kier molecular flexibility index (Phi) is 3.97. The zero-order chi connectivity index (χ0) is 13.2. The molecule has 0 bridgehead atoms. The van der Waals surface area contributed by atoms with Crippen molar-refractivity contribution in [1.82, 2.24) is 0 Å². The molecule has 0 saturated heterocycles. The Morgan fingerprint density at radius 2 is 2.06 bits per heavy atom. The average molecular weight is 265 g/mol. The molecule has 1 aromatic rings. The predicted molar refractivity (Wildman–Crippen MR) is 75.1 cm³/mol. The van der Waals surface area contributed by atoms with Crippen molar-refractivity contribution >= 4 is 23.4 Å². The van der Waals surface area contributed by atoms with Gasteiger partial charge < -0.3 is 10.0 Å². The summed E-state index contributed by atoms with van der Waals surface area (Å²) in [5, 5.41) is 10.3. The van der Waals surface area contributed by atoms with Crippen molar-refractivity contribution in [3.63, 3.8) is 0 Å². The van der Waals surface area contributed by atoms with Gasteiger partial charge in [-0.25, -0.2) is 0 Å². The molecule has 0 spiro atoms. The van der Waals surface area contributed by atoms with E-state index in [1.54, 1.807) is 23.7 Å². The fourth-order valence-electron chi connectivity index (χ4n) is 2.42. The SMILES string of the molecule is CSc1cccc(N(C)C(=O)C2(O)CCCC2)c1. The molecular formula is C14H19NO2S. The highest BCUT2D eigenvalue weighted by Gasteiger charge is 2.40. The van der Waals surface area contributed by atoms with Crippen LogP contribution < -0.4 is 4.90 Å². The quantitative estimate of drug-likeness (QED) is 0.854. The summed E-state index contributed by atoms with van der Waals surface area (Å²) in [6.45, 7) is 0. The largest absolute Gasteiger partial charge is 0.380 e. The van der Waals surface area contributed by atoms with Crippen LogP contribution in [0, 0.1) is 0 Å². The number of rotatable bonds is 3. The van der Waals surface area contributed by atoms with Crippen LogP contribution in [0.15, 0.2) is 29.2 Å². The minimum Gasteiger partial charge on any atom is -0.380 e. The van der Waals surface area contributed by atoms with E-state index in [9.17, 15) is 9.90 Å². The fraction of sp³-hybridized carbons (Fsp3) is 0.500. The second kappa shape index (κ2) is 5.33. The van der Waals surface area contributed by atoms with E-state index < -0.39 is 5.60 Å². The topological polar surface area (TPSA) is 40.5 Å². The van der Waals surface area contributed by atoms with Gasteiger partial charge in [-0.15, -0.1) is 11.8 Å². The number of hydrogen-bond acceptors (Lipinski definition) is 3. The van der Waals surface area contributed by atoms with E-state index in [1.165, 1.54) is 0 Å². The zero-order valence-corrected chi connectivity index (χ0v) is 11.7. The molecule has 1 aliphatic carbocycles. The first kappa shape index (κ1) is 13.4. The third-order valence-electron chi connectivity index (χ3n) is 3.57. The molecule has 3 nitrogen and oxygen atoms in total. The van der Waals surface area contributed by atoms with Crippen molar-refractivity contribution in [2.45, 2.75) is 36.2 Å². The van der Waals surface area contributed by atoms with Crippen molar-refractivity contribution in [2.75, 3.05) is 18.2 Å². The number of benzene rings is 1. The summed E-state index contributed by atoms with van der Waals surface area (Å²) in [4.78, 5) is 15.0. The number of amides is 1. The summed E-state index contributed by atoms with van der Waals surface area (Å²) in [5.74, 6) is -0.182. The van der Waals surface area contributed by atoms with Crippen LogP contribution >= 0.6 is 11.8 Å². The predicted octanol–water partition coefficient (Wildman–Crippen LogP) is 2.68.